The van der Waals surface area contributed by atoms with Crippen LogP contribution < -0.4 is 0 Å². The fourth-order valence-corrected chi connectivity index (χ4v) is 2.37. The fraction of sp³-hybridized carbons (Fsp3) is 0.375. The molecule has 1 rings (SSSR count). The van der Waals surface area contributed by atoms with Crippen molar-refractivity contribution in [2.45, 2.75) is 24.7 Å². The summed E-state index contributed by atoms with van der Waals surface area (Å²) in [6.07, 6.45) is 0. The fourth-order valence-electron chi connectivity index (χ4n) is 0.939. The monoisotopic (exact) mass is 253 g/mol. The average molecular weight is 254 g/mol. The summed E-state index contributed by atoms with van der Waals surface area (Å²) in [5.74, 6) is 0.194. The van der Waals surface area contributed by atoms with Crippen molar-refractivity contribution in [3.8, 4) is 0 Å². The van der Waals surface area contributed by atoms with Crippen LogP contribution in [0.25, 0.3) is 0 Å². The van der Waals surface area contributed by atoms with Crippen molar-refractivity contribution < 1.29 is 8.42 Å². The predicted octanol–water partition coefficient (Wildman–Crippen LogP) is 2.79. The van der Waals surface area contributed by atoms with E-state index in [0.29, 0.717) is 0 Å². The summed E-state index contributed by atoms with van der Waals surface area (Å²) in [5.41, 5.74) is 0.735. The number of hydrogen-bond donors (Lipinski definition) is 0. The number of hydrogen-bond acceptors (Lipinski definition) is 3. The second kappa shape index (κ2) is 4.04. The molecule has 14 heavy (non-hydrogen) atoms. The van der Waals surface area contributed by atoms with Gasteiger partial charge in [-0.2, -0.15) is 0 Å². The second-order valence-corrected chi connectivity index (χ2v) is 6.01. The largest absolute Gasteiger partial charge is 0.264 e. The average Bonchev–Trinajstić information content (AvgIpc) is 2.01. The van der Waals surface area contributed by atoms with Gasteiger partial charge in [0.05, 0.1) is 0 Å². The van der Waals surface area contributed by atoms with Gasteiger partial charge in [-0.15, -0.1) is 0 Å². The van der Waals surface area contributed by atoms with Crippen molar-refractivity contribution in [3.05, 3.63) is 23.0 Å². The van der Waals surface area contributed by atoms with Crippen LogP contribution >= 0.6 is 22.3 Å². The van der Waals surface area contributed by atoms with E-state index in [0.717, 1.165) is 5.69 Å². The van der Waals surface area contributed by atoms with Crippen molar-refractivity contribution >= 4 is 31.3 Å². The van der Waals surface area contributed by atoms with Crippen LogP contribution in [0.3, 0.4) is 0 Å². The van der Waals surface area contributed by atoms with E-state index in [9.17, 15) is 8.42 Å². The molecule has 3 nitrogen and oxygen atoms in total. The van der Waals surface area contributed by atoms with Gasteiger partial charge < -0.3 is 0 Å². The Morgan fingerprint density at radius 2 is 1.93 bits per heavy atom. The minimum atomic E-state index is -3.80. The molecule has 0 aliphatic carbocycles. The number of rotatable bonds is 2. The Morgan fingerprint density at radius 3 is 2.29 bits per heavy atom. The third kappa shape index (κ3) is 2.59. The molecule has 0 spiro atoms. The third-order valence-corrected chi connectivity index (χ3v) is 3.44. The molecule has 0 aliphatic rings. The first-order chi connectivity index (χ1) is 6.32. The summed E-state index contributed by atoms with van der Waals surface area (Å²) in [6, 6.07) is 2.97. The number of pyridine rings is 1. The molecule has 6 heteroatoms. The van der Waals surface area contributed by atoms with Gasteiger partial charge in [0, 0.05) is 16.4 Å². The lowest BCUT2D eigenvalue weighted by Gasteiger charge is -2.05. The molecule has 0 amide bonds. The molecule has 0 saturated heterocycles. The Morgan fingerprint density at radius 1 is 1.36 bits per heavy atom. The van der Waals surface area contributed by atoms with Gasteiger partial charge in [-0.3, -0.25) is 0 Å². The molecule has 1 aromatic rings. The molecule has 0 fully saturated rings. The van der Waals surface area contributed by atoms with Crippen LogP contribution in [0.2, 0.25) is 5.15 Å². The predicted molar refractivity (Wildman–Crippen MR) is 56.4 cm³/mol. The van der Waals surface area contributed by atoms with E-state index in [1.807, 2.05) is 13.8 Å². The van der Waals surface area contributed by atoms with Crippen LogP contribution in [0.5, 0.6) is 0 Å². The van der Waals surface area contributed by atoms with Crippen LogP contribution in [0.4, 0.5) is 0 Å². The first-order valence-corrected chi connectivity index (χ1v) is 6.62. The molecule has 0 N–H and O–H groups in total. The Balaban J connectivity index is 3.28. The van der Waals surface area contributed by atoms with Gasteiger partial charge in [0.15, 0.2) is 0 Å². The normalized spacial score (nSPS) is 12.1. The van der Waals surface area contributed by atoms with Crippen LogP contribution in [0, 0.1) is 0 Å². The van der Waals surface area contributed by atoms with Crippen molar-refractivity contribution in [1.29, 1.82) is 0 Å². The second-order valence-electron chi connectivity index (χ2n) is 3.12. The lowest BCUT2D eigenvalue weighted by atomic mass is 10.1. The quantitative estimate of drug-likeness (QED) is 0.602. The minimum Gasteiger partial charge on any atom is -0.239 e. The first-order valence-electron chi connectivity index (χ1n) is 3.93. The number of halogens is 2. The molecule has 0 bridgehead atoms. The number of aromatic nitrogens is 1. The van der Waals surface area contributed by atoms with Crippen molar-refractivity contribution in [1.82, 2.24) is 4.98 Å². The highest BCUT2D eigenvalue weighted by atomic mass is 35.7. The lowest BCUT2D eigenvalue weighted by Crippen LogP contribution is -1.98. The van der Waals surface area contributed by atoms with Gasteiger partial charge in [-0.05, 0) is 18.1 Å². The highest BCUT2D eigenvalue weighted by Crippen LogP contribution is 2.24. The Kier molecular flexibility index (Phi) is 3.40. The maximum absolute atomic E-state index is 11.0. The highest BCUT2D eigenvalue weighted by Gasteiger charge is 2.16. The molecular formula is C8H9Cl2NO2S. The van der Waals surface area contributed by atoms with E-state index in [-0.39, 0.29) is 16.0 Å². The van der Waals surface area contributed by atoms with Crippen molar-refractivity contribution in [3.63, 3.8) is 0 Å². The zero-order valence-electron chi connectivity index (χ0n) is 7.66. The molecule has 0 unspecified atom stereocenters. The van der Waals surface area contributed by atoms with E-state index >= 15 is 0 Å². The van der Waals surface area contributed by atoms with E-state index in [2.05, 4.69) is 4.98 Å². The molecule has 0 aromatic carbocycles. The van der Waals surface area contributed by atoms with Gasteiger partial charge in [0.2, 0.25) is 0 Å². The van der Waals surface area contributed by atoms with E-state index in [1.54, 1.807) is 6.07 Å². The van der Waals surface area contributed by atoms with Gasteiger partial charge in [0.25, 0.3) is 9.05 Å². The van der Waals surface area contributed by atoms with Crippen molar-refractivity contribution in [2.75, 3.05) is 0 Å². The topological polar surface area (TPSA) is 47.0 Å². The summed E-state index contributed by atoms with van der Waals surface area (Å²) >= 11 is 5.68. The molecule has 0 aliphatic heterocycles. The molecule has 0 saturated carbocycles. The van der Waals surface area contributed by atoms with E-state index in [1.165, 1.54) is 6.07 Å². The van der Waals surface area contributed by atoms with Crippen LogP contribution in [-0.2, 0) is 9.05 Å². The third-order valence-electron chi connectivity index (χ3n) is 1.69. The van der Waals surface area contributed by atoms with Gasteiger partial charge >= 0.3 is 0 Å². The summed E-state index contributed by atoms with van der Waals surface area (Å²) < 4.78 is 22.0. The summed E-state index contributed by atoms with van der Waals surface area (Å²) in [5, 5.41) is -0.0776. The minimum absolute atomic E-state index is 0.0776. The van der Waals surface area contributed by atoms with Crippen molar-refractivity contribution in [2.24, 2.45) is 0 Å². The summed E-state index contributed by atoms with van der Waals surface area (Å²) in [7, 11) is 1.35. The number of nitrogens with zero attached hydrogens (tertiary/aromatic N) is 1. The maximum atomic E-state index is 11.0. The molecular weight excluding hydrogens is 245 g/mol. The molecule has 0 atom stereocenters. The molecule has 1 heterocycles. The molecule has 78 valence electrons. The Labute approximate surface area is 92.5 Å². The lowest BCUT2D eigenvalue weighted by molar-refractivity contribution is 0.609. The van der Waals surface area contributed by atoms with E-state index < -0.39 is 9.05 Å². The Hall–Kier alpha value is -0.320. The molecule has 1 aromatic heterocycles. The maximum Gasteiger partial charge on any atom is 0.264 e. The molecule has 0 radical (unpaired) electrons. The van der Waals surface area contributed by atoms with Crippen LogP contribution in [0.15, 0.2) is 17.0 Å². The highest BCUT2D eigenvalue weighted by molar-refractivity contribution is 8.13. The van der Waals surface area contributed by atoms with Crippen LogP contribution in [-0.4, -0.2) is 13.4 Å². The Bertz CT molecular complexity index is 443. The first kappa shape index (κ1) is 11.8. The van der Waals surface area contributed by atoms with Crippen LogP contribution in [0.1, 0.15) is 25.5 Å². The zero-order valence-corrected chi connectivity index (χ0v) is 9.99. The summed E-state index contributed by atoms with van der Waals surface area (Å²) in [6.45, 7) is 3.88. The van der Waals surface area contributed by atoms with Gasteiger partial charge in [-0.1, -0.05) is 25.4 Å². The zero-order chi connectivity index (χ0) is 10.9. The standard InChI is InChI=1S/C8H9Cl2NO2S/c1-5(2)6-3-4-7(8(9)11-6)14(10,12)13/h3-5H,1-2H3. The van der Waals surface area contributed by atoms with E-state index in [4.69, 9.17) is 22.3 Å². The smallest absolute Gasteiger partial charge is 0.239 e. The van der Waals surface area contributed by atoms with Gasteiger partial charge in [-0.25, -0.2) is 13.4 Å². The van der Waals surface area contributed by atoms with Gasteiger partial charge in [0.1, 0.15) is 10.0 Å². The summed E-state index contributed by atoms with van der Waals surface area (Å²) in [4.78, 5) is 3.79. The SMILES string of the molecule is CC(C)c1ccc(S(=O)(=O)Cl)c(Cl)n1.